The van der Waals surface area contributed by atoms with Crippen LogP contribution < -0.4 is 10.2 Å². The number of rotatable bonds is 3. The van der Waals surface area contributed by atoms with Gasteiger partial charge in [-0.25, -0.2) is 0 Å². The summed E-state index contributed by atoms with van der Waals surface area (Å²) < 4.78 is 0. The molecular weight excluding hydrogens is 548 g/mol. The Morgan fingerprint density at radius 1 is 1.00 bits per heavy atom. The Balaban J connectivity index is 1.36. The number of amides is 3. The van der Waals surface area contributed by atoms with E-state index in [0.29, 0.717) is 22.0 Å². The van der Waals surface area contributed by atoms with Gasteiger partial charge in [0.1, 0.15) is 0 Å². The van der Waals surface area contributed by atoms with Gasteiger partial charge in [0.05, 0.1) is 17.5 Å². The predicted octanol–water partition coefficient (Wildman–Crippen LogP) is 5.18. The van der Waals surface area contributed by atoms with Crippen molar-refractivity contribution in [2.45, 2.75) is 23.0 Å². The summed E-state index contributed by atoms with van der Waals surface area (Å²) in [6.07, 6.45) is 0.897. The Morgan fingerprint density at radius 2 is 1.58 bits per heavy atom. The third-order valence-electron chi connectivity index (χ3n) is 6.82. The molecule has 160 valence electrons. The van der Waals surface area contributed by atoms with E-state index in [-0.39, 0.29) is 51.0 Å². The SMILES string of the molecule is Cc1ccc(Cl)cc1NC(=O)c1ccc(N2C(=O)[C@@H]3[C@H]4C[C@@H]([C@H](Br)[C@H]4Br)[C@H]3C2=O)cc1. The maximum atomic E-state index is 13.1. The number of fused-ring (bicyclic) bond motifs is 5. The van der Waals surface area contributed by atoms with Gasteiger partial charge in [-0.1, -0.05) is 49.5 Å². The van der Waals surface area contributed by atoms with Gasteiger partial charge < -0.3 is 5.32 Å². The van der Waals surface area contributed by atoms with Crippen LogP contribution in [0.1, 0.15) is 22.3 Å². The van der Waals surface area contributed by atoms with Crippen LogP contribution in [-0.4, -0.2) is 27.4 Å². The molecule has 3 aliphatic rings. The average molecular weight is 567 g/mol. The number of alkyl halides is 2. The van der Waals surface area contributed by atoms with E-state index < -0.39 is 0 Å². The average Bonchev–Trinajstić information content (AvgIpc) is 3.36. The molecular formula is C23H19Br2ClN2O3. The van der Waals surface area contributed by atoms with E-state index in [0.717, 1.165) is 12.0 Å². The number of aryl methyl sites for hydroxylation is 1. The number of nitrogens with zero attached hydrogens (tertiary/aromatic N) is 1. The lowest BCUT2D eigenvalue weighted by Crippen LogP contribution is -2.37. The highest BCUT2D eigenvalue weighted by Crippen LogP contribution is 2.60. The van der Waals surface area contributed by atoms with Gasteiger partial charge in [-0.05, 0) is 67.1 Å². The van der Waals surface area contributed by atoms with Gasteiger partial charge in [0.25, 0.3) is 5.91 Å². The lowest BCUT2D eigenvalue weighted by atomic mass is 9.81. The molecule has 0 aromatic heterocycles. The Hall–Kier alpha value is -1.70. The van der Waals surface area contributed by atoms with Crippen molar-refractivity contribution < 1.29 is 14.4 Å². The number of hydrogen-bond donors (Lipinski definition) is 1. The summed E-state index contributed by atoms with van der Waals surface area (Å²) in [7, 11) is 0. The van der Waals surface area contributed by atoms with Crippen molar-refractivity contribution in [3.8, 4) is 0 Å². The lowest BCUT2D eigenvalue weighted by molar-refractivity contribution is -0.123. The van der Waals surface area contributed by atoms with Gasteiger partial charge in [0.2, 0.25) is 11.8 Å². The van der Waals surface area contributed by atoms with Crippen molar-refractivity contribution in [2.75, 3.05) is 10.2 Å². The first-order valence-electron chi connectivity index (χ1n) is 10.1. The topological polar surface area (TPSA) is 66.5 Å². The molecule has 3 fully saturated rings. The van der Waals surface area contributed by atoms with Crippen molar-refractivity contribution in [1.29, 1.82) is 0 Å². The number of halogens is 3. The highest BCUT2D eigenvalue weighted by atomic mass is 79.9. The zero-order valence-electron chi connectivity index (χ0n) is 16.5. The number of nitrogens with one attached hydrogen (secondary N) is 1. The smallest absolute Gasteiger partial charge is 0.255 e. The minimum Gasteiger partial charge on any atom is -0.322 e. The van der Waals surface area contributed by atoms with Crippen LogP contribution in [0.25, 0.3) is 0 Å². The van der Waals surface area contributed by atoms with Crippen LogP contribution in [0.3, 0.4) is 0 Å². The molecule has 2 aliphatic carbocycles. The fourth-order valence-corrected chi connectivity index (χ4v) is 7.33. The van der Waals surface area contributed by atoms with E-state index in [9.17, 15) is 14.4 Å². The second kappa shape index (κ2) is 7.71. The van der Waals surface area contributed by atoms with Gasteiger partial charge in [-0.15, -0.1) is 0 Å². The van der Waals surface area contributed by atoms with E-state index in [4.69, 9.17) is 11.6 Å². The van der Waals surface area contributed by atoms with Crippen molar-refractivity contribution in [3.05, 3.63) is 58.6 Å². The van der Waals surface area contributed by atoms with Gasteiger partial charge in [0.15, 0.2) is 0 Å². The van der Waals surface area contributed by atoms with E-state index in [1.54, 1.807) is 36.4 Å². The normalized spacial score (nSPS) is 31.3. The van der Waals surface area contributed by atoms with Gasteiger partial charge in [0, 0.05) is 25.9 Å². The second-order valence-electron chi connectivity index (χ2n) is 8.48. The minimum absolute atomic E-state index is 0.127. The molecule has 5 rings (SSSR count). The van der Waals surface area contributed by atoms with Crippen LogP contribution in [0.15, 0.2) is 42.5 Å². The van der Waals surface area contributed by atoms with Crippen molar-refractivity contribution in [1.82, 2.24) is 0 Å². The Labute approximate surface area is 201 Å². The molecule has 1 aliphatic heterocycles. The molecule has 2 aromatic carbocycles. The third kappa shape index (κ3) is 3.28. The van der Waals surface area contributed by atoms with Crippen LogP contribution in [0.4, 0.5) is 11.4 Å². The number of carbonyl (C=O) groups excluding carboxylic acids is 3. The summed E-state index contributed by atoms with van der Waals surface area (Å²) in [6, 6.07) is 11.9. The molecule has 0 spiro atoms. The van der Waals surface area contributed by atoms with Gasteiger partial charge >= 0.3 is 0 Å². The molecule has 2 saturated carbocycles. The summed E-state index contributed by atoms with van der Waals surface area (Å²) in [5.41, 5.74) is 2.49. The first kappa shape index (κ1) is 21.2. The van der Waals surface area contributed by atoms with Crippen molar-refractivity contribution in [2.24, 2.45) is 23.7 Å². The molecule has 31 heavy (non-hydrogen) atoms. The Bertz CT molecular complexity index is 1070. The number of anilines is 2. The summed E-state index contributed by atoms with van der Waals surface area (Å²) in [4.78, 5) is 40.7. The predicted molar refractivity (Wildman–Crippen MR) is 127 cm³/mol. The molecule has 0 radical (unpaired) electrons. The molecule has 8 heteroatoms. The van der Waals surface area contributed by atoms with E-state index in [2.05, 4.69) is 37.2 Å². The van der Waals surface area contributed by atoms with E-state index in [1.807, 2.05) is 13.0 Å². The quantitative estimate of drug-likeness (QED) is 0.411. The van der Waals surface area contributed by atoms with E-state index >= 15 is 0 Å². The molecule has 1 N–H and O–H groups in total. The highest BCUT2D eigenvalue weighted by Gasteiger charge is 2.66. The summed E-state index contributed by atoms with van der Waals surface area (Å²) in [6.45, 7) is 1.89. The Morgan fingerprint density at radius 3 is 2.16 bits per heavy atom. The lowest BCUT2D eigenvalue weighted by Gasteiger charge is -2.28. The summed E-state index contributed by atoms with van der Waals surface area (Å²) in [5, 5.41) is 3.39. The maximum Gasteiger partial charge on any atom is 0.255 e. The van der Waals surface area contributed by atoms with E-state index in [1.165, 1.54) is 4.90 Å². The first-order chi connectivity index (χ1) is 14.8. The summed E-state index contributed by atoms with van der Waals surface area (Å²) in [5.74, 6) is -0.709. The largest absolute Gasteiger partial charge is 0.322 e. The van der Waals surface area contributed by atoms with Crippen LogP contribution in [0.5, 0.6) is 0 Å². The molecule has 5 nitrogen and oxygen atoms in total. The number of carbonyl (C=O) groups is 3. The minimum atomic E-state index is -0.282. The molecule has 1 saturated heterocycles. The maximum absolute atomic E-state index is 13.1. The zero-order valence-corrected chi connectivity index (χ0v) is 20.4. The molecule has 1 heterocycles. The Kier molecular flexibility index (Phi) is 5.26. The molecule has 6 atom stereocenters. The standard InChI is InChI=1S/C23H19Br2ClN2O3/c1-10-2-5-12(26)8-16(10)27-21(29)11-3-6-13(7-4-11)28-22(30)17-14-9-15(18(17)23(28)31)20(25)19(14)24/h2-8,14-15,17-20H,9H2,1H3,(H,27,29)/t14-,15-,17-,18-,19+,20+/m1/s1. The zero-order chi connectivity index (χ0) is 22.0. The third-order valence-corrected chi connectivity index (χ3v) is 10.3. The van der Waals surface area contributed by atoms with Crippen molar-refractivity contribution >= 4 is 72.6 Å². The molecule has 3 amide bonds. The van der Waals surface area contributed by atoms with Crippen LogP contribution in [-0.2, 0) is 9.59 Å². The van der Waals surface area contributed by atoms with Crippen molar-refractivity contribution in [3.63, 3.8) is 0 Å². The molecule has 2 bridgehead atoms. The van der Waals surface area contributed by atoms with Gasteiger partial charge in [-0.3, -0.25) is 19.3 Å². The number of hydrogen-bond acceptors (Lipinski definition) is 3. The molecule has 0 unspecified atom stereocenters. The number of benzene rings is 2. The monoisotopic (exact) mass is 564 g/mol. The fourth-order valence-electron chi connectivity index (χ4n) is 5.29. The summed E-state index contributed by atoms with van der Waals surface area (Å²) >= 11 is 13.4. The van der Waals surface area contributed by atoms with Crippen LogP contribution in [0, 0.1) is 30.6 Å². The fraction of sp³-hybridized carbons (Fsp3) is 0.348. The number of imide groups is 1. The van der Waals surface area contributed by atoms with Gasteiger partial charge in [-0.2, -0.15) is 0 Å². The molecule has 2 aromatic rings. The second-order valence-corrected chi connectivity index (χ2v) is 11.0. The highest BCUT2D eigenvalue weighted by molar-refractivity contribution is 9.12. The van der Waals surface area contributed by atoms with Crippen LogP contribution in [0.2, 0.25) is 5.02 Å². The first-order valence-corrected chi connectivity index (χ1v) is 12.3. The van der Waals surface area contributed by atoms with Crippen LogP contribution >= 0.6 is 43.5 Å².